The average Bonchev–Trinajstić information content (AvgIpc) is 2.35. The van der Waals surface area contributed by atoms with Crippen molar-refractivity contribution in [1.82, 2.24) is 15.3 Å². The predicted octanol–water partition coefficient (Wildman–Crippen LogP) is -2.34. The van der Waals surface area contributed by atoms with Crippen LogP contribution in [0.3, 0.4) is 0 Å². The monoisotopic (exact) mass is 240 g/mol. The molecule has 0 radical (unpaired) electrons. The smallest absolute Gasteiger partial charge is 0.271 e. The van der Waals surface area contributed by atoms with Crippen molar-refractivity contribution in [2.75, 3.05) is 13.2 Å². The molecule has 0 spiro atoms. The predicted molar refractivity (Wildman–Crippen MR) is 56.0 cm³/mol. The number of nitrogens with one attached hydrogen (secondary N) is 1. The fourth-order valence-corrected chi connectivity index (χ4v) is 1.00. The Bertz CT molecular complexity index is 419. The van der Waals surface area contributed by atoms with Crippen LogP contribution in [0.2, 0.25) is 0 Å². The highest BCUT2D eigenvalue weighted by molar-refractivity contribution is 5.95. The lowest BCUT2D eigenvalue weighted by molar-refractivity contribution is 0.0873. The van der Waals surface area contributed by atoms with Crippen LogP contribution in [0.15, 0.2) is 12.4 Å². The van der Waals surface area contributed by atoms with Crippen LogP contribution in [0, 0.1) is 0 Å². The van der Waals surface area contributed by atoms with Crippen LogP contribution in [0.1, 0.15) is 21.0 Å². The average molecular weight is 240 g/mol. The normalized spacial score (nSPS) is 10.3. The van der Waals surface area contributed by atoms with E-state index in [9.17, 15) is 9.59 Å². The second kappa shape index (κ2) is 5.87. The molecule has 0 unspecified atom stereocenters. The molecule has 17 heavy (non-hydrogen) atoms. The molecule has 0 aliphatic rings. The standard InChI is InChI=1S/C9H12N4O4/c10-8(16)6-1-11-2-7(13-6)9(17)12-5(3-14)4-15/h1-2,5,14-15H,3-4H2,(H2,10,16)(H,12,17). The van der Waals surface area contributed by atoms with E-state index < -0.39 is 31.1 Å². The molecule has 0 aliphatic carbocycles. The molecule has 2 amide bonds. The number of nitrogens with zero attached hydrogens (tertiary/aromatic N) is 2. The number of carbonyl (C=O) groups excluding carboxylic acids is 2. The molecule has 8 heteroatoms. The third-order valence-electron chi connectivity index (χ3n) is 1.90. The van der Waals surface area contributed by atoms with Gasteiger partial charge in [0, 0.05) is 0 Å². The molecule has 92 valence electrons. The van der Waals surface area contributed by atoms with Gasteiger partial charge in [-0.3, -0.25) is 14.6 Å². The topological polar surface area (TPSA) is 138 Å². The second-order valence-corrected chi connectivity index (χ2v) is 3.19. The molecule has 1 aromatic rings. The Labute approximate surface area is 96.5 Å². The fraction of sp³-hybridized carbons (Fsp3) is 0.333. The van der Waals surface area contributed by atoms with Crippen molar-refractivity contribution in [1.29, 1.82) is 0 Å². The van der Waals surface area contributed by atoms with Crippen LogP contribution in [0.4, 0.5) is 0 Å². The molecule has 0 fully saturated rings. The van der Waals surface area contributed by atoms with Gasteiger partial charge in [-0.15, -0.1) is 0 Å². The van der Waals surface area contributed by atoms with Crippen molar-refractivity contribution in [2.45, 2.75) is 6.04 Å². The highest BCUT2D eigenvalue weighted by Gasteiger charge is 2.15. The summed E-state index contributed by atoms with van der Waals surface area (Å²) in [4.78, 5) is 29.7. The molecule has 1 rings (SSSR count). The lowest BCUT2D eigenvalue weighted by Crippen LogP contribution is -2.40. The minimum Gasteiger partial charge on any atom is -0.394 e. The molecule has 0 saturated carbocycles. The highest BCUT2D eigenvalue weighted by atomic mass is 16.3. The maximum atomic E-state index is 11.6. The van der Waals surface area contributed by atoms with E-state index in [1.165, 1.54) is 0 Å². The van der Waals surface area contributed by atoms with Crippen LogP contribution >= 0.6 is 0 Å². The Morgan fingerprint density at radius 3 is 2.41 bits per heavy atom. The number of hydrogen-bond donors (Lipinski definition) is 4. The first-order valence-corrected chi connectivity index (χ1v) is 4.73. The van der Waals surface area contributed by atoms with Crippen molar-refractivity contribution in [3.8, 4) is 0 Å². The minimum absolute atomic E-state index is 0.117. The van der Waals surface area contributed by atoms with Gasteiger partial charge < -0.3 is 21.3 Å². The molecule has 0 aliphatic heterocycles. The van der Waals surface area contributed by atoms with Gasteiger partial charge in [-0.2, -0.15) is 0 Å². The van der Waals surface area contributed by atoms with Crippen LogP contribution in [0.5, 0.6) is 0 Å². The summed E-state index contributed by atoms with van der Waals surface area (Å²) in [6, 6.07) is -0.790. The summed E-state index contributed by atoms with van der Waals surface area (Å²) in [6.45, 7) is -0.823. The number of aromatic nitrogens is 2. The maximum absolute atomic E-state index is 11.6. The summed E-state index contributed by atoms with van der Waals surface area (Å²) in [5.74, 6) is -1.46. The Kier molecular flexibility index (Phi) is 4.49. The van der Waals surface area contributed by atoms with E-state index in [2.05, 4.69) is 15.3 Å². The van der Waals surface area contributed by atoms with Gasteiger partial charge in [0.15, 0.2) is 0 Å². The molecular formula is C9H12N4O4. The summed E-state index contributed by atoms with van der Waals surface area (Å²) in [7, 11) is 0. The maximum Gasteiger partial charge on any atom is 0.271 e. The van der Waals surface area contributed by atoms with Crippen LogP contribution in [-0.4, -0.2) is 51.3 Å². The summed E-state index contributed by atoms with van der Waals surface area (Å²) in [5, 5.41) is 19.9. The number of aliphatic hydroxyl groups is 2. The van der Waals surface area contributed by atoms with E-state index in [1.54, 1.807) is 0 Å². The number of hydrogen-bond acceptors (Lipinski definition) is 6. The van der Waals surface area contributed by atoms with Gasteiger partial charge in [-0.25, -0.2) is 4.98 Å². The number of aliphatic hydroxyl groups excluding tert-OH is 2. The molecule has 0 atom stereocenters. The first-order valence-electron chi connectivity index (χ1n) is 4.73. The Balaban J connectivity index is 2.82. The summed E-state index contributed by atoms with van der Waals surface area (Å²) in [5.41, 5.74) is 4.73. The molecule has 1 aromatic heterocycles. The zero-order chi connectivity index (χ0) is 12.8. The Morgan fingerprint density at radius 2 is 1.88 bits per heavy atom. The largest absolute Gasteiger partial charge is 0.394 e. The van der Waals surface area contributed by atoms with E-state index in [0.29, 0.717) is 0 Å². The fourth-order valence-electron chi connectivity index (χ4n) is 1.00. The molecule has 0 saturated heterocycles. The van der Waals surface area contributed by atoms with Crippen molar-refractivity contribution in [3.05, 3.63) is 23.8 Å². The third-order valence-corrected chi connectivity index (χ3v) is 1.90. The Hall–Kier alpha value is -2.06. The molecule has 0 aromatic carbocycles. The van der Waals surface area contributed by atoms with E-state index in [1.807, 2.05) is 0 Å². The summed E-state index contributed by atoms with van der Waals surface area (Å²) in [6.07, 6.45) is 2.28. The lowest BCUT2D eigenvalue weighted by Gasteiger charge is -2.12. The quantitative estimate of drug-likeness (QED) is 0.455. The van der Waals surface area contributed by atoms with Gasteiger partial charge in [0.1, 0.15) is 11.4 Å². The van der Waals surface area contributed by atoms with Crippen molar-refractivity contribution >= 4 is 11.8 Å². The van der Waals surface area contributed by atoms with E-state index in [0.717, 1.165) is 12.4 Å². The van der Waals surface area contributed by atoms with E-state index >= 15 is 0 Å². The van der Waals surface area contributed by atoms with Gasteiger partial charge in [0.25, 0.3) is 11.8 Å². The lowest BCUT2D eigenvalue weighted by atomic mass is 10.3. The zero-order valence-corrected chi connectivity index (χ0v) is 8.83. The van der Waals surface area contributed by atoms with Crippen LogP contribution in [0.25, 0.3) is 0 Å². The van der Waals surface area contributed by atoms with Crippen molar-refractivity contribution in [3.63, 3.8) is 0 Å². The van der Waals surface area contributed by atoms with Gasteiger partial charge in [0.05, 0.1) is 31.6 Å². The SMILES string of the molecule is NC(=O)c1cncc(C(=O)NC(CO)CO)n1. The number of carbonyl (C=O) groups is 2. The van der Waals surface area contributed by atoms with Gasteiger partial charge in [-0.05, 0) is 0 Å². The van der Waals surface area contributed by atoms with E-state index in [-0.39, 0.29) is 11.4 Å². The third kappa shape index (κ3) is 3.47. The first kappa shape index (κ1) is 13.0. The highest BCUT2D eigenvalue weighted by Crippen LogP contribution is 1.96. The van der Waals surface area contributed by atoms with Crippen LogP contribution < -0.4 is 11.1 Å². The molecule has 8 nitrogen and oxygen atoms in total. The van der Waals surface area contributed by atoms with Gasteiger partial charge in [-0.1, -0.05) is 0 Å². The number of primary amides is 1. The first-order chi connectivity index (χ1) is 8.08. The van der Waals surface area contributed by atoms with Crippen molar-refractivity contribution in [2.24, 2.45) is 5.73 Å². The van der Waals surface area contributed by atoms with Crippen molar-refractivity contribution < 1.29 is 19.8 Å². The number of rotatable bonds is 5. The van der Waals surface area contributed by atoms with Crippen LogP contribution in [-0.2, 0) is 0 Å². The number of nitrogens with two attached hydrogens (primary N) is 1. The minimum atomic E-state index is -0.798. The van der Waals surface area contributed by atoms with E-state index in [4.69, 9.17) is 15.9 Å². The van der Waals surface area contributed by atoms with Gasteiger partial charge >= 0.3 is 0 Å². The molecular weight excluding hydrogens is 228 g/mol. The summed E-state index contributed by atoms with van der Waals surface area (Å²) < 4.78 is 0. The molecule has 5 N–H and O–H groups in total. The zero-order valence-electron chi connectivity index (χ0n) is 8.83. The summed E-state index contributed by atoms with van der Waals surface area (Å²) >= 11 is 0. The second-order valence-electron chi connectivity index (χ2n) is 3.19. The molecule has 1 heterocycles. The number of amides is 2. The Morgan fingerprint density at radius 1 is 1.29 bits per heavy atom. The van der Waals surface area contributed by atoms with Gasteiger partial charge in [0.2, 0.25) is 0 Å². The molecule has 0 bridgehead atoms.